The van der Waals surface area contributed by atoms with E-state index in [0.29, 0.717) is 38.1 Å². The minimum absolute atomic E-state index is 0.136. The third kappa shape index (κ3) is 5.24. The number of hydrogen-bond acceptors (Lipinski definition) is 8. The van der Waals surface area contributed by atoms with Gasteiger partial charge in [-0.05, 0) is 47.9 Å². The number of aromatic nitrogens is 2. The Hall–Kier alpha value is -2.39. The van der Waals surface area contributed by atoms with E-state index in [4.69, 9.17) is 38.1 Å². The molecular weight excluding hydrogens is 501 g/mol. The number of Topliss-reactive ketones (excluding diaryl/α,β-unsaturated/α-hetero) is 1. The summed E-state index contributed by atoms with van der Waals surface area (Å²) in [5, 5.41) is 19.1. The second-order valence-electron chi connectivity index (χ2n) is 7.11. The zero-order chi connectivity index (χ0) is 23.5. The first-order chi connectivity index (χ1) is 15.9. The number of carbonyl (C=O) groups excluding carboxylic acids is 1. The number of halogens is 2. The molecule has 0 unspecified atom stereocenters. The Labute approximate surface area is 209 Å². The molecule has 1 aromatic heterocycles. The van der Waals surface area contributed by atoms with Gasteiger partial charge < -0.3 is 9.47 Å². The molecule has 10 heteroatoms. The van der Waals surface area contributed by atoms with E-state index in [-0.39, 0.29) is 10.8 Å². The summed E-state index contributed by atoms with van der Waals surface area (Å²) in [6.07, 6.45) is 2.51. The maximum atomic E-state index is 13.0. The second-order valence-corrected chi connectivity index (χ2v) is 10.1. The standard InChI is InChI=1S/C23H19Cl2N3O3S2/c1-3-19-27-28-23(33-19)20-21(29)18(32-22(20)26)10-12-5-7-16(17(9-12)30-2)31-11-13-4-6-14(24)15(25)8-13/h4-10,20,26H,3,11H2,1-2H3/b18-10-,26-22?/t20-/m1/s1. The third-order valence-corrected chi connectivity index (χ3v) is 7.75. The highest BCUT2D eigenvalue weighted by molar-refractivity contribution is 8.19. The lowest BCUT2D eigenvalue weighted by molar-refractivity contribution is -0.114. The molecule has 1 aliphatic heterocycles. The monoisotopic (exact) mass is 519 g/mol. The molecule has 2 aromatic carbocycles. The molecule has 170 valence electrons. The van der Waals surface area contributed by atoms with Crippen LogP contribution in [0.25, 0.3) is 6.08 Å². The van der Waals surface area contributed by atoms with Crippen molar-refractivity contribution >= 4 is 63.2 Å². The molecule has 4 rings (SSSR count). The fourth-order valence-electron chi connectivity index (χ4n) is 3.18. The van der Waals surface area contributed by atoms with Crippen LogP contribution in [0, 0.1) is 5.41 Å². The number of nitrogens with one attached hydrogen (secondary N) is 1. The predicted octanol–water partition coefficient (Wildman–Crippen LogP) is 6.41. The maximum Gasteiger partial charge on any atom is 0.186 e. The lowest BCUT2D eigenvalue weighted by Crippen LogP contribution is -2.11. The number of benzene rings is 2. The molecule has 0 spiro atoms. The van der Waals surface area contributed by atoms with Crippen molar-refractivity contribution in [2.24, 2.45) is 0 Å². The van der Waals surface area contributed by atoms with Crippen molar-refractivity contribution in [3.63, 3.8) is 0 Å². The molecule has 1 fully saturated rings. The van der Waals surface area contributed by atoms with Crippen LogP contribution >= 0.6 is 46.3 Å². The number of thioether (sulfide) groups is 1. The number of rotatable bonds is 7. The summed E-state index contributed by atoms with van der Waals surface area (Å²) >= 11 is 14.6. The van der Waals surface area contributed by atoms with Crippen LogP contribution in [0.3, 0.4) is 0 Å². The molecular formula is C23H19Cl2N3O3S2. The van der Waals surface area contributed by atoms with Crippen molar-refractivity contribution in [3.05, 3.63) is 72.5 Å². The maximum absolute atomic E-state index is 13.0. The summed E-state index contributed by atoms with van der Waals surface area (Å²) in [4.78, 5) is 13.5. The van der Waals surface area contributed by atoms with Gasteiger partial charge in [-0.3, -0.25) is 10.2 Å². The largest absolute Gasteiger partial charge is 0.493 e. The van der Waals surface area contributed by atoms with Gasteiger partial charge in [-0.2, -0.15) is 0 Å². The Balaban J connectivity index is 1.51. The van der Waals surface area contributed by atoms with Gasteiger partial charge in [-0.15, -0.1) is 21.5 Å². The van der Waals surface area contributed by atoms with E-state index in [1.54, 1.807) is 37.5 Å². The van der Waals surface area contributed by atoms with Gasteiger partial charge in [-0.25, -0.2) is 0 Å². The van der Waals surface area contributed by atoms with Crippen molar-refractivity contribution in [3.8, 4) is 11.5 Å². The van der Waals surface area contributed by atoms with Crippen LogP contribution in [0.4, 0.5) is 0 Å². The van der Waals surface area contributed by atoms with Gasteiger partial charge in [0, 0.05) is 0 Å². The molecule has 1 N–H and O–H groups in total. The third-order valence-electron chi connectivity index (χ3n) is 4.88. The summed E-state index contributed by atoms with van der Waals surface area (Å²) in [6.45, 7) is 2.28. The Morgan fingerprint density at radius 1 is 1.12 bits per heavy atom. The second kappa shape index (κ2) is 10.3. The molecule has 33 heavy (non-hydrogen) atoms. The average molecular weight is 520 g/mol. The molecule has 0 amide bonds. The van der Waals surface area contributed by atoms with E-state index in [9.17, 15) is 4.79 Å². The molecule has 1 aliphatic rings. The van der Waals surface area contributed by atoms with Crippen LogP contribution in [-0.2, 0) is 17.8 Å². The molecule has 0 aliphatic carbocycles. The van der Waals surface area contributed by atoms with Crippen molar-refractivity contribution in [2.75, 3.05) is 7.11 Å². The Morgan fingerprint density at radius 3 is 2.64 bits per heavy atom. The first-order valence-corrected chi connectivity index (χ1v) is 12.4. The number of methoxy groups -OCH3 is 1. The highest BCUT2D eigenvalue weighted by Gasteiger charge is 2.39. The smallest absolute Gasteiger partial charge is 0.186 e. The van der Waals surface area contributed by atoms with Crippen LogP contribution in [0.1, 0.15) is 34.0 Å². The fourth-order valence-corrected chi connectivity index (χ4v) is 5.45. The molecule has 1 saturated heterocycles. The van der Waals surface area contributed by atoms with Crippen LogP contribution in [0.5, 0.6) is 11.5 Å². The first-order valence-electron chi connectivity index (χ1n) is 9.98. The van der Waals surface area contributed by atoms with E-state index < -0.39 is 5.92 Å². The zero-order valence-corrected chi connectivity index (χ0v) is 20.9. The number of hydrogen-bond donors (Lipinski definition) is 1. The normalized spacial score (nSPS) is 17.1. The molecule has 1 atom stereocenters. The van der Waals surface area contributed by atoms with Crippen LogP contribution < -0.4 is 9.47 Å². The fraction of sp³-hybridized carbons (Fsp3) is 0.217. The average Bonchev–Trinajstić information content (AvgIpc) is 3.38. The molecule has 2 heterocycles. The summed E-state index contributed by atoms with van der Waals surface area (Å²) in [5.41, 5.74) is 1.64. The number of ketones is 1. The number of carbonyl (C=O) groups is 1. The summed E-state index contributed by atoms with van der Waals surface area (Å²) in [5.74, 6) is 0.281. The van der Waals surface area contributed by atoms with Gasteiger partial charge in [0.15, 0.2) is 17.3 Å². The van der Waals surface area contributed by atoms with Gasteiger partial charge >= 0.3 is 0 Å². The topological polar surface area (TPSA) is 85.2 Å². The van der Waals surface area contributed by atoms with E-state index in [0.717, 1.165) is 34.3 Å². The van der Waals surface area contributed by atoms with Gasteiger partial charge in [0.05, 0.1) is 27.1 Å². The highest BCUT2D eigenvalue weighted by atomic mass is 35.5. The number of aryl methyl sites for hydroxylation is 1. The number of nitrogens with zero attached hydrogens (tertiary/aromatic N) is 2. The molecule has 3 aromatic rings. The Morgan fingerprint density at radius 2 is 1.94 bits per heavy atom. The quantitative estimate of drug-likeness (QED) is 0.362. The Kier molecular flexibility index (Phi) is 7.38. The lowest BCUT2D eigenvalue weighted by Gasteiger charge is -2.12. The van der Waals surface area contributed by atoms with Crippen molar-refractivity contribution in [1.82, 2.24) is 10.2 Å². The van der Waals surface area contributed by atoms with Crippen LogP contribution in [-0.4, -0.2) is 28.1 Å². The summed E-state index contributed by atoms with van der Waals surface area (Å²) < 4.78 is 11.4. The molecule has 0 saturated carbocycles. The van der Waals surface area contributed by atoms with Gasteiger partial charge in [0.2, 0.25) is 0 Å². The van der Waals surface area contributed by atoms with E-state index >= 15 is 0 Å². The van der Waals surface area contributed by atoms with Gasteiger partial charge in [0.1, 0.15) is 22.5 Å². The highest BCUT2D eigenvalue weighted by Crippen LogP contribution is 2.42. The van der Waals surface area contributed by atoms with E-state index in [1.807, 2.05) is 19.1 Å². The molecule has 0 radical (unpaired) electrons. The predicted molar refractivity (Wildman–Crippen MR) is 134 cm³/mol. The van der Waals surface area contributed by atoms with Crippen molar-refractivity contribution in [1.29, 1.82) is 5.41 Å². The van der Waals surface area contributed by atoms with E-state index in [2.05, 4.69) is 10.2 Å². The number of ether oxygens (including phenoxy) is 2. The van der Waals surface area contributed by atoms with Crippen molar-refractivity contribution in [2.45, 2.75) is 25.9 Å². The zero-order valence-electron chi connectivity index (χ0n) is 17.7. The summed E-state index contributed by atoms with van der Waals surface area (Å²) in [7, 11) is 1.56. The lowest BCUT2D eigenvalue weighted by atomic mass is 10.1. The minimum Gasteiger partial charge on any atom is -0.493 e. The van der Waals surface area contributed by atoms with Crippen LogP contribution in [0.2, 0.25) is 10.0 Å². The van der Waals surface area contributed by atoms with Crippen LogP contribution in [0.15, 0.2) is 41.3 Å². The van der Waals surface area contributed by atoms with Gasteiger partial charge in [0.25, 0.3) is 0 Å². The SMILES string of the molecule is CCc1nnc([C@H]2C(=N)S/C(=C\c3ccc(OCc4ccc(Cl)c(Cl)c4)c(OC)c3)C2=O)s1. The van der Waals surface area contributed by atoms with E-state index in [1.165, 1.54) is 11.3 Å². The molecule has 0 bridgehead atoms. The summed E-state index contributed by atoms with van der Waals surface area (Å²) in [6, 6.07) is 10.7. The van der Waals surface area contributed by atoms with Crippen molar-refractivity contribution < 1.29 is 14.3 Å². The molecule has 6 nitrogen and oxygen atoms in total. The Bertz CT molecular complexity index is 1260. The minimum atomic E-state index is -0.672. The first kappa shape index (κ1) is 23.8. The van der Waals surface area contributed by atoms with Gasteiger partial charge in [-0.1, -0.05) is 54.0 Å². The number of allylic oxidation sites excluding steroid dienone is 1.